The van der Waals surface area contributed by atoms with Crippen molar-refractivity contribution in [2.45, 2.75) is 32.2 Å². The molecule has 0 spiro atoms. The number of urea groups is 1. The molecule has 4 aromatic rings. The topological polar surface area (TPSA) is 125 Å². The predicted molar refractivity (Wildman–Crippen MR) is 152 cm³/mol. The van der Waals surface area contributed by atoms with Gasteiger partial charge in [0.1, 0.15) is 23.5 Å². The van der Waals surface area contributed by atoms with Gasteiger partial charge in [0.15, 0.2) is 0 Å². The van der Waals surface area contributed by atoms with Gasteiger partial charge in [-0.1, -0.05) is 6.07 Å². The van der Waals surface area contributed by atoms with E-state index in [4.69, 9.17) is 0 Å². The molecule has 0 radical (unpaired) electrons. The molecule has 0 fully saturated rings. The Morgan fingerprint density at radius 1 is 1.12 bits per heavy atom. The molecule has 14 heteroatoms. The van der Waals surface area contributed by atoms with Crippen molar-refractivity contribution in [2.75, 3.05) is 22.8 Å². The van der Waals surface area contributed by atoms with Crippen LogP contribution in [0.15, 0.2) is 54.0 Å². The molecule has 0 aliphatic carbocycles. The number of hydrogen-bond acceptors (Lipinski definition) is 7. The number of fused-ring (bicyclic) bond motifs is 2. The van der Waals surface area contributed by atoms with E-state index in [2.05, 4.69) is 15.3 Å². The molecule has 1 aliphatic rings. The van der Waals surface area contributed by atoms with Crippen LogP contribution in [0.3, 0.4) is 0 Å². The average molecular weight is 601 g/mol. The Morgan fingerprint density at radius 2 is 1.88 bits per heavy atom. The summed E-state index contributed by atoms with van der Waals surface area (Å²) in [6, 6.07) is 8.98. The maximum absolute atomic E-state index is 13.9. The monoisotopic (exact) mass is 600 g/mol. The van der Waals surface area contributed by atoms with Gasteiger partial charge in [-0.3, -0.25) is 4.79 Å². The van der Waals surface area contributed by atoms with Crippen LogP contribution in [0.5, 0.6) is 0 Å². The number of benzene rings is 2. The molecule has 41 heavy (non-hydrogen) atoms. The summed E-state index contributed by atoms with van der Waals surface area (Å²) in [5, 5.41) is 2.39. The highest BCUT2D eigenvalue weighted by atomic mass is 32.2. The standard InChI is InChI=1S/C27H26F2N6O4S2/c1-16-5-6-18-4-3-9-35(25(18)31-16)41(38,39)33-27(37)32-23(12-17-10-19(28)13-20(29)11-17)26(36)34(2)21-7-8-24-22(14-21)30-15-40-24/h5-8,10-11,13-15,23H,3-4,9,12H2,1-2H3,(H2,32,33,37). The van der Waals surface area contributed by atoms with Crippen molar-refractivity contribution in [3.05, 3.63) is 82.5 Å². The summed E-state index contributed by atoms with van der Waals surface area (Å²) in [6.07, 6.45) is 0.860. The number of pyridine rings is 1. The lowest BCUT2D eigenvalue weighted by Gasteiger charge is -2.30. The lowest BCUT2D eigenvalue weighted by atomic mass is 10.0. The molecule has 0 saturated carbocycles. The molecule has 1 unspecified atom stereocenters. The average Bonchev–Trinajstić information content (AvgIpc) is 3.38. The quantitative estimate of drug-likeness (QED) is 0.332. The number of thiazole rings is 1. The Bertz CT molecular complexity index is 1730. The van der Waals surface area contributed by atoms with Gasteiger partial charge in [-0.2, -0.15) is 8.42 Å². The summed E-state index contributed by atoms with van der Waals surface area (Å²) in [6.45, 7) is 1.84. The first kappa shape index (κ1) is 28.4. The molecule has 10 nitrogen and oxygen atoms in total. The second-order valence-electron chi connectivity index (χ2n) is 9.63. The first-order chi connectivity index (χ1) is 19.5. The molecule has 5 rings (SSSR count). The summed E-state index contributed by atoms with van der Waals surface area (Å²) in [7, 11) is -2.93. The fraction of sp³-hybridized carbons (Fsp3) is 0.259. The van der Waals surface area contributed by atoms with Crippen LogP contribution in [-0.4, -0.2) is 50.0 Å². The second-order valence-corrected chi connectivity index (χ2v) is 12.1. The minimum atomic E-state index is -4.40. The zero-order valence-corrected chi connectivity index (χ0v) is 23.7. The van der Waals surface area contributed by atoms with Gasteiger partial charge >= 0.3 is 16.2 Å². The summed E-state index contributed by atoms with van der Waals surface area (Å²) >= 11 is 1.43. The van der Waals surface area contributed by atoms with Crippen LogP contribution >= 0.6 is 11.3 Å². The van der Waals surface area contributed by atoms with Gasteiger partial charge in [0.05, 0.1) is 15.7 Å². The normalized spacial score (nSPS) is 13.9. The van der Waals surface area contributed by atoms with Gasteiger partial charge in [-0.15, -0.1) is 11.3 Å². The Labute approximate surface area is 239 Å². The van der Waals surface area contributed by atoms with Crippen LogP contribution < -0.4 is 19.2 Å². The zero-order chi connectivity index (χ0) is 29.3. The van der Waals surface area contributed by atoms with Crippen molar-refractivity contribution in [1.82, 2.24) is 20.0 Å². The van der Waals surface area contributed by atoms with Crippen LogP contribution in [0, 0.1) is 18.6 Å². The number of hydrogen-bond donors (Lipinski definition) is 2. The molecule has 3 heterocycles. The minimum Gasteiger partial charge on any atom is -0.325 e. The van der Waals surface area contributed by atoms with Gasteiger partial charge in [-0.25, -0.2) is 32.6 Å². The molecule has 2 N–H and O–H groups in total. The molecule has 2 aromatic carbocycles. The van der Waals surface area contributed by atoms with Crippen LogP contribution in [0.25, 0.3) is 10.2 Å². The van der Waals surface area contributed by atoms with Crippen molar-refractivity contribution in [2.24, 2.45) is 0 Å². The Kier molecular flexibility index (Phi) is 7.87. The van der Waals surface area contributed by atoms with E-state index in [9.17, 15) is 26.8 Å². The minimum absolute atomic E-state index is 0.0944. The number of halogens is 2. The number of amides is 3. The van der Waals surface area contributed by atoms with Crippen LogP contribution in [0.4, 0.5) is 25.1 Å². The van der Waals surface area contributed by atoms with E-state index in [1.165, 1.54) is 23.3 Å². The van der Waals surface area contributed by atoms with Crippen molar-refractivity contribution in [1.29, 1.82) is 0 Å². The third-order valence-electron chi connectivity index (χ3n) is 6.65. The molecule has 0 saturated heterocycles. The molecule has 3 amide bonds. The van der Waals surface area contributed by atoms with E-state index >= 15 is 0 Å². The number of rotatable bonds is 7. The Morgan fingerprint density at radius 3 is 2.63 bits per heavy atom. The summed E-state index contributed by atoms with van der Waals surface area (Å²) in [5.41, 5.74) is 4.23. The lowest BCUT2D eigenvalue weighted by Crippen LogP contribution is -2.55. The molecular weight excluding hydrogens is 574 g/mol. The van der Waals surface area contributed by atoms with Gasteiger partial charge in [0, 0.05) is 37.5 Å². The van der Waals surface area contributed by atoms with Crippen molar-refractivity contribution in [3.63, 3.8) is 0 Å². The SMILES string of the molecule is Cc1ccc2c(n1)N(S(=O)(=O)NC(=O)NC(Cc1cc(F)cc(F)c1)C(=O)N(C)c1ccc3scnc3c1)CCC2. The number of nitrogens with one attached hydrogen (secondary N) is 2. The van der Waals surface area contributed by atoms with Gasteiger partial charge in [0.2, 0.25) is 5.91 Å². The number of nitrogens with zero attached hydrogens (tertiary/aromatic N) is 4. The third-order valence-corrected chi connectivity index (χ3v) is 8.84. The Balaban J connectivity index is 1.39. The highest BCUT2D eigenvalue weighted by Crippen LogP contribution is 2.27. The smallest absolute Gasteiger partial charge is 0.325 e. The fourth-order valence-electron chi connectivity index (χ4n) is 4.68. The summed E-state index contributed by atoms with van der Waals surface area (Å²) < 4.78 is 58.2. The number of anilines is 2. The second kappa shape index (κ2) is 11.4. The summed E-state index contributed by atoms with van der Waals surface area (Å²) in [5.74, 6) is -2.12. The van der Waals surface area contributed by atoms with Crippen molar-refractivity contribution >= 4 is 55.2 Å². The zero-order valence-electron chi connectivity index (χ0n) is 22.1. The maximum Gasteiger partial charge on any atom is 0.330 e. The number of carbonyl (C=O) groups is 2. The maximum atomic E-state index is 13.9. The lowest BCUT2D eigenvalue weighted by molar-refractivity contribution is -0.120. The van der Waals surface area contributed by atoms with Crippen LogP contribution in [0.2, 0.25) is 0 Å². The van der Waals surface area contributed by atoms with E-state index in [1.807, 2.05) is 4.72 Å². The van der Waals surface area contributed by atoms with E-state index in [1.54, 1.807) is 42.8 Å². The number of likely N-dealkylation sites (N-methyl/N-ethyl adjacent to an activating group) is 1. The van der Waals surface area contributed by atoms with Gasteiger partial charge in [-0.05, 0) is 67.3 Å². The first-order valence-corrected chi connectivity index (χ1v) is 15.0. The van der Waals surface area contributed by atoms with Crippen LogP contribution in [0.1, 0.15) is 23.2 Å². The molecule has 0 bridgehead atoms. The molecule has 1 aliphatic heterocycles. The van der Waals surface area contributed by atoms with Crippen molar-refractivity contribution < 1.29 is 26.8 Å². The highest BCUT2D eigenvalue weighted by molar-refractivity contribution is 7.91. The molecule has 214 valence electrons. The van der Waals surface area contributed by atoms with E-state index in [0.29, 0.717) is 35.8 Å². The first-order valence-electron chi connectivity index (χ1n) is 12.6. The highest BCUT2D eigenvalue weighted by Gasteiger charge is 2.32. The van der Waals surface area contributed by atoms with Gasteiger partial charge in [0.25, 0.3) is 0 Å². The van der Waals surface area contributed by atoms with E-state index in [0.717, 1.165) is 26.7 Å². The number of aryl methyl sites for hydroxylation is 2. The fourth-order valence-corrected chi connectivity index (χ4v) is 6.49. The number of carbonyl (C=O) groups excluding carboxylic acids is 2. The molecule has 1 atom stereocenters. The van der Waals surface area contributed by atoms with E-state index in [-0.39, 0.29) is 24.3 Å². The third kappa shape index (κ3) is 6.28. The van der Waals surface area contributed by atoms with E-state index < -0.39 is 39.8 Å². The predicted octanol–water partition coefficient (Wildman–Crippen LogP) is 3.85. The largest absolute Gasteiger partial charge is 0.330 e. The van der Waals surface area contributed by atoms with Gasteiger partial charge < -0.3 is 10.2 Å². The molecular formula is C27H26F2N6O4S2. The molecule has 2 aromatic heterocycles. The van der Waals surface area contributed by atoms with Crippen molar-refractivity contribution in [3.8, 4) is 0 Å². The van der Waals surface area contributed by atoms with Crippen LogP contribution in [-0.2, 0) is 27.8 Å². The Hall–Kier alpha value is -4.17. The summed E-state index contributed by atoms with van der Waals surface area (Å²) in [4.78, 5) is 36.5. The number of aromatic nitrogens is 2.